The minimum Gasteiger partial charge on any atom is -0.464 e. The van der Waals surface area contributed by atoms with Crippen LogP contribution in [0.25, 0.3) is 0 Å². The van der Waals surface area contributed by atoms with Gasteiger partial charge in [-0.3, -0.25) is 4.79 Å². The summed E-state index contributed by atoms with van der Waals surface area (Å²) in [4.78, 5) is 28.6. The van der Waals surface area contributed by atoms with Gasteiger partial charge >= 0.3 is 5.97 Å². The average molecular weight is 338 g/mol. The molecule has 23 heavy (non-hydrogen) atoms. The first-order chi connectivity index (χ1) is 11.0. The number of aromatic nitrogens is 2. The normalized spacial score (nSPS) is 12.8. The van der Waals surface area contributed by atoms with Gasteiger partial charge in [0.2, 0.25) is 0 Å². The summed E-state index contributed by atoms with van der Waals surface area (Å²) in [7, 11) is 1.26. The lowest BCUT2D eigenvalue weighted by Gasteiger charge is -2.08. The monoisotopic (exact) mass is 337 g/mol. The molecule has 6 nitrogen and oxygen atoms in total. The van der Waals surface area contributed by atoms with Crippen molar-refractivity contribution < 1.29 is 18.7 Å². The molecule has 1 aromatic carbocycles. The second-order valence-corrected chi connectivity index (χ2v) is 5.46. The van der Waals surface area contributed by atoms with Crippen LogP contribution < -0.4 is 5.32 Å². The molecular weight excluding hydrogens is 325 g/mol. The summed E-state index contributed by atoms with van der Waals surface area (Å²) in [5.74, 6) is -1.02. The number of methoxy groups -OCH3 is 1. The molecule has 2 aromatic rings. The molecule has 1 aliphatic heterocycles. The Kier molecular flexibility index (Phi) is 4.04. The minimum absolute atomic E-state index is 0.0318. The number of benzene rings is 1. The van der Waals surface area contributed by atoms with Crippen LogP contribution in [-0.2, 0) is 17.7 Å². The van der Waals surface area contributed by atoms with Crippen LogP contribution in [0.1, 0.15) is 33.1 Å². The van der Waals surface area contributed by atoms with Gasteiger partial charge in [-0.15, -0.1) is 0 Å². The quantitative estimate of drug-likeness (QED) is 0.874. The SMILES string of the molecule is COC(=O)c1c(NC(=O)c2cc(F)ccc2Cl)nc2n1CCC2. The molecule has 0 fully saturated rings. The summed E-state index contributed by atoms with van der Waals surface area (Å²) in [6, 6.07) is 3.48. The number of fused-ring (bicyclic) bond motifs is 1. The maximum absolute atomic E-state index is 13.3. The first kappa shape index (κ1) is 15.5. The topological polar surface area (TPSA) is 73.2 Å². The van der Waals surface area contributed by atoms with Gasteiger partial charge in [-0.2, -0.15) is 0 Å². The first-order valence-electron chi connectivity index (χ1n) is 6.95. The molecule has 1 aliphatic rings. The summed E-state index contributed by atoms with van der Waals surface area (Å²) in [5.41, 5.74) is 0.150. The van der Waals surface area contributed by atoms with Gasteiger partial charge in [-0.05, 0) is 24.6 Å². The maximum Gasteiger partial charge on any atom is 0.358 e. The lowest BCUT2D eigenvalue weighted by Crippen LogP contribution is -2.17. The zero-order chi connectivity index (χ0) is 16.6. The number of hydrogen-bond donors (Lipinski definition) is 1. The smallest absolute Gasteiger partial charge is 0.358 e. The third-order valence-corrected chi connectivity index (χ3v) is 3.94. The van der Waals surface area contributed by atoms with Crippen molar-refractivity contribution in [1.82, 2.24) is 9.55 Å². The van der Waals surface area contributed by atoms with E-state index in [4.69, 9.17) is 16.3 Å². The largest absolute Gasteiger partial charge is 0.464 e. The van der Waals surface area contributed by atoms with Gasteiger partial charge in [0, 0.05) is 13.0 Å². The van der Waals surface area contributed by atoms with Crippen LogP contribution in [0.5, 0.6) is 0 Å². The van der Waals surface area contributed by atoms with Gasteiger partial charge in [0.05, 0.1) is 17.7 Å². The van der Waals surface area contributed by atoms with Crippen LogP contribution in [0.2, 0.25) is 5.02 Å². The number of anilines is 1. The van der Waals surface area contributed by atoms with Crippen molar-refractivity contribution in [2.75, 3.05) is 12.4 Å². The predicted molar refractivity (Wildman–Crippen MR) is 81.3 cm³/mol. The number of carbonyl (C=O) groups is 2. The van der Waals surface area contributed by atoms with E-state index in [9.17, 15) is 14.0 Å². The van der Waals surface area contributed by atoms with Crippen molar-refractivity contribution in [2.24, 2.45) is 0 Å². The summed E-state index contributed by atoms with van der Waals surface area (Å²) in [6.07, 6.45) is 1.58. The lowest BCUT2D eigenvalue weighted by atomic mass is 10.2. The van der Waals surface area contributed by atoms with E-state index in [0.717, 1.165) is 18.6 Å². The van der Waals surface area contributed by atoms with Gasteiger partial charge in [-0.1, -0.05) is 11.6 Å². The molecule has 0 radical (unpaired) electrons. The van der Waals surface area contributed by atoms with E-state index in [1.54, 1.807) is 4.57 Å². The standard InChI is InChI=1S/C15H13ClFN3O3/c1-23-15(22)12-13(18-11-3-2-6-20(11)12)19-14(21)9-7-8(17)4-5-10(9)16/h4-5,7H,2-3,6H2,1H3,(H,19,21). The molecule has 0 bridgehead atoms. The highest BCUT2D eigenvalue weighted by Crippen LogP contribution is 2.26. The minimum atomic E-state index is -0.642. The second kappa shape index (κ2) is 6.00. The Hall–Kier alpha value is -2.41. The summed E-state index contributed by atoms with van der Waals surface area (Å²) in [5, 5.41) is 2.62. The molecule has 0 saturated carbocycles. The molecule has 0 atom stereocenters. The fourth-order valence-corrected chi connectivity index (χ4v) is 2.77. The number of ether oxygens (including phenoxy) is 1. The molecule has 0 aliphatic carbocycles. The van der Waals surface area contributed by atoms with Crippen LogP contribution in [-0.4, -0.2) is 28.5 Å². The fraction of sp³-hybridized carbons (Fsp3) is 0.267. The summed E-state index contributed by atoms with van der Waals surface area (Å²) >= 11 is 5.92. The molecule has 2 heterocycles. The summed E-state index contributed by atoms with van der Waals surface area (Å²) in [6.45, 7) is 0.628. The van der Waals surface area contributed by atoms with Crippen molar-refractivity contribution in [1.29, 1.82) is 0 Å². The van der Waals surface area contributed by atoms with Crippen molar-refractivity contribution in [2.45, 2.75) is 19.4 Å². The van der Waals surface area contributed by atoms with Gasteiger partial charge < -0.3 is 14.6 Å². The fourth-order valence-electron chi connectivity index (χ4n) is 2.56. The molecular formula is C15H13ClFN3O3. The van der Waals surface area contributed by atoms with Crippen molar-refractivity contribution >= 4 is 29.3 Å². The van der Waals surface area contributed by atoms with E-state index in [2.05, 4.69) is 10.3 Å². The third-order valence-electron chi connectivity index (χ3n) is 3.61. The third kappa shape index (κ3) is 2.79. The highest BCUT2D eigenvalue weighted by Gasteiger charge is 2.28. The number of hydrogen-bond acceptors (Lipinski definition) is 4. The van der Waals surface area contributed by atoms with Gasteiger partial charge in [0.15, 0.2) is 11.5 Å². The number of aryl methyl sites for hydroxylation is 1. The number of nitrogens with one attached hydrogen (secondary N) is 1. The van der Waals surface area contributed by atoms with Crippen LogP contribution in [0.3, 0.4) is 0 Å². The number of imidazole rings is 1. The number of rotatable bonds is 3. The number of carbonyl (C=O) groups excluding carboxylic acids is 2. The van der Waals surface area contributed by atoms with E-state index in [1.807, 2.05) is 0 Å². The molecule has 1 aromatic heterocycles. The van der Waals surface area contributed by atoms with Crippen LogP contribution in [0, 0.1) is 5.82 Å². The molecule has 0 unspecified atom stereocenters. The first-order valence-corrected chi connectivity index (χ1v) is 7.33. The highest BCUT2D eigenvalue weighted by molar-refractivity contribution is 6.34. The molecule has 1 amide bonds. The molecule has 0 spiro atoms. The lowest BCUT2D eigenvalue weighted by molar-refractivity contribution is 0.0590. The molecule has 1 N–H and O–H groups in total. The average Bonchev–Trinajstić information content (AvgIpc) is 3.09. The van der Waals surface area contributed by atoms with Crippen molar-refractivity contribution in [3.05, 3.63) is 46.1 Å². The van der Waals surface area contributed by atoms with Gasteiger partial charge in [0.1, 0.15) is 11.6 Å². The van der Waals surface area contributed by atoms with E-state index in [0.29, 0.717) is 18.8 Å². The number of amides is 1. The zero-order valence-corrected chi connectivity index (χ0v) is 13.0. The van der Waals surface area contributed by atoms with Gasteiger partial charge in [0.25, 0.3) is 5.91 Å². The second-order valence-electron chi connectivity index (χ2n) is 5.05. The van der Waals surface area contributed by atoms with Crippen LogP contribution in [0.4, 0.5) is 10.2 Å². The molecule has 3 rings (SSSR count). The Morgan fingerprint density at radius 3 is 2.96 bits per heavy atom. The summed E-state index contributed by atoms with van der Waals surface area (Å²) < 4.78 is 19.8. The Morgan fingerprint density at radius 2 is 2.22 bits per heavy atom. The number of halogens is 2. The Balaban J connectivity index is 1.95. The molecule has 120 valence electrons. The highest BCUT2D eigenvalue weighted by atomic mass is 35.5. The Morgan fingerprint density at radius 1 is 1.43 bits per heavy atom. The molecule has 8 heteroatoms. The predicted octanol–water partition coefficient (Wildman–Crippen LogP) is 2.66. The van der Waals surface area contributed by atoms with E-state index < -0.39 is 17.7 Å². The number of nitrogens with zero attached hydrogens (tertiary/aromatic N) is 2. The number of esters is 1. The van der Waals surface area contributed by atoms with Crippen LogP contribution in [0.15, 0.2) is 18.2 Å². The zero-order valence-electron chi connectivity index (χ0n) is 12.2. The van der Waals surface area contributed by atoms with E-state index >= 15 is 0 Å². The molecule has 0 saturated heterocycles. The maximum atomic E-state index is 13.3. The van der Waals surface area contributed by atoms with E-state index in [-0.39, 0.29) is 22.1 Å². The Bertz CT molecular complexity index is 804. The van der Waals surface area contributed by atoms with E-state index in [1.165, 1.54) is 13.2 Å². The van der Waals surface area contributed by atoms with Crippen molar-refractivity contribution in [3.63, 3.8) is 0 Å². The van der Waals surface area contributed by atoms with Gasteiger partial charge in [-0.25, -0.2) is 14.2 Å². The van der Waals surface area contributed by atoms with Crippen LogP contribution >= 0.6 is 11.6 Å². The Labute approximate surface area is 136 Å². The van der Waals surface area contributed by atoms with Crippen molar-refractivity contribution in [3.8, 4) is 0 Å².